The summed E-state index contributed by atoms with van der Waals surface area (Å²) in [4.78, 5) is 2.92. The molecule has 2 rings (SSSR count). The first-order valence-electron chi connectivity index (χ1n) is 6.23. The van der Waals surface area contributed by atoms with Crippen LogP contribution in [0.15, 0.2) is 17.2 Å². The number of aromatic amines is 1. The van der Waals surface area contributed by atoms with Crippen LogP contribution in [0.5, 0.6) is 0 Å². The average Bonchev–Trinajstić information content (AvgIpc) is 2.96. The maximum absolute atomic E-state index is 12.0. The Morgan fingerprint density at radius 3 is 2.67 bits per heavy atom. The van der Waals surface area contributed by atoms with E-state index in [4.69, 9.17) is 5.11 Å². The van der Waals surface area contributed by atoms with Crippen molar-refractivity contribution in [3.63, 3.8) is 0 Å². The molecule has 0 atom stereocenters. The summed E-state index contributed by atoms with van der Waals surface area (Å²) in [6.07, 6.45) is 5.91. The molecule has 6 heteroatoms. The van der Waals surface area contributed by atoms with E-state index in [0.717, 1.165) is 12.8 Å². The molecule has 1 saturated carbocycles. The number of H-pyrrole nitrogens is 1. The molecular weight excluding hydrogens is 252 g/mol. The summed E-state index contributed by atoms with van der Waals surface area (Å²) in [7, 11) is -3.47. The summed E-state index contributed by atoms with van der Waals surface area (Å²) >= 11 is 0. The molecule has 0 radical (unpaired) electrons. The van der Waals surface area contributed by atoms with Crippen molar-refractivity contribution in [1.29, 1.82) is 0 Å². The van der Waals surface area contributed by atoms with Crippen molar-refractivity contribution in [3.8, 4) is 0 Å². The van der Waals surface area contributed by atoms with Crippen molar-refractivity contribution in [3.05, 3.63) is 18.0 Å². The Balaban J connectivity index is 2.03. The molecule has 1 heterocycles. The Kier molecular flexibility index (Phi) is 3.79. The van der Waals surface area contributed by atoms with Crippen molar-refractivity contribution in [2.24, 2.45) is 5.41 Å². The topological polar surface area (TPSA) is 82.2 Å². The minimum atomic E-state index is -3.47. The molecule has 1 aliphatic rings. The van der Waals surface area contributed by atoms with Gasteiger partial charge in [0.15, 0.2) is 0 Å². The van der Waals surface area contributed by atoms with Gasteiger partial charge in [-0.25, -0.2) is 13.1 Å². The van der Waals surface area contributed by atoms with Crippen molar-refractivity contribution in [2.75, 3.05) is 6.54 Å². The van der Waals surface area contributed by atoms with E-state index in [1.54, 1.807) is 0 Å². The second-order valence-corrected chi connectivity index (χ2v) is 7.13. The standard InChI is InChI=1S/C12H20N2O3S/c1-12(4-2-3-5-12)9-14-18(16,17)11-6-10(8-15)13-7-11/h6-7,13-15H,2-5,8-9H2,1H3. The van der Waals surface area contributed by atoms with E-state index in [9.17, 15) is 8.42 Å². The van der Waals surface area contributed by atoms with Crippen LogP contribution in [-0.4, -0.2) is 25.1 Å². The van der Waals surface area contributed by atoms with Gasteiger partial charge in [-0.05, 0) is 24.3 Å². The molecule has 1 fully saturated rings. The highest BCUT2D eigenvalue weighted by Gasteiger charge is 2.30. The zero-order valence-corrected chi connectivity index (χ0v) is 11.4. The van der Waals surface area contributed by atoms with Gasteiger partial charge < -0.3 is 10.1 Å². The third kappa shape index (κ3) is 2.93. The van der Waals surface area contributed by atoms with Crippen LogP contribution in [0.4, 0.5) is 0 Å². The van der Waals surface area contributed by atoms with Gasteiger partial charge in [-0.15, -0.1) is 0 Å². The summed E-state index contributed by atoms with van der Waals surface area (Å²) in [6, 6.07) is 1.46. The number of rotatable bonds is 5. The fraction of sp³-hybridized carbons (Fsp3) is 0.667. The largest absolute Gasteiger partial charge is 0.390 e. The van der Waals surface area contributed by atoms with Crippen LogP contribution in [-0.2, 0) is 16.6 Å². The Labute approximate surface area is 108 Å². The number of aromatic nitrogens is 1. The monoisotopic (exact) mass is 272 g/mol. The molecule has 0 unspecified atom stereocenters. The number of hydrogen-bond acceptors (Lipinski definition) is 3. The molecule has 0 aromatic carbocycles. The van der Waals surface area contributed by atoms with Crippen LogP contribution in [0, 0.1) is 5.41 Å². The van der Waals surface area contributed by atoms with E-state index in [-0.39, 0.29) is 16.9 Å². The number of nitrogens with one attached hydrogen (secondary N) is 2. The van der Waals surface area contributed by atoms with Crippen LogP contribution in [0.25, 0.3) is 0 Å². The fourth-order valence-corrected chi connectivity index (χ4v) is 3.64. The number of hydrogen-bond donors (Lipinski definition) is 3. The lowest BCUT2D eigenvalue weighted by Gasteiger charge is -2.23. The minimum Gasteiger partial charge on any atom is -0.390 e. The first-order chi connectivity index (χ1) is 8.45. The second kappa shape index (κ2) is 5.03. The van der Waals surface area contributed by atoms with Crippen LogP contribution in [0.2, 0.25) is 0 Å². The SMILES string of the molecule is CC1(CNS(=O)(=O)c2c[nH]c(CO)c2)CCCC1. The first-order valence-corrected chi connectivity index (χ1v) is 7.71. The molecule has 1 aliphatic carbocycles. The first kappa shape index (κ1) is 13.6. The van der Waals surface area contributed by atoms with Gasteiger partial charge >= 0.3 is 0 Å². The summed E-state index contributed by atoms with van der Waals surface area (Å²) in [5, 5.41) is 8.91. The van der Waals surface area contributed by atoms with E-state index in [2.05, 4.69) is 16.6 Å². The van der Waals surface area contributed by atoms with Crippen molar-refractivity contribution < 1.29 is 13.5 Å². The van der Waals surface area contributed by atoms with Crippen LogP contribution >= 0.6 is 0 Å². The summed E-state index contributed by atoms with van der Waals surface area (Å²) in [5.41, 5.74) is 0.589. The predicted octanol–water partition coefficient (Wildman–Crippen LogP) is 1.37. The smallest absolute Gasteiger partial charge is 0.242 e. The second-order valence-electron chi connectivity index (χ2n) is 5.36. The summed E-state index contributed by atoms with van der Waals surface area (Å²) in [5.74, 6) is 0. The van der Waals surface area contributed by atoms with Crippen molar-refractivity contribution in [1.82, 2.24) is 9.71 Å². The highest BCUT2D eigenvalue weighted by Crippen LogP contribution is 2.36. The molecule has 0 spiro atoms. The van der Waals surface area contributed by atoms with E-state index in [1.807, 2.05) is 0 Å². The Morgan fingerprint density at radius 1 is 1.44 bits per heavy atom. The molecule has 0 saturated heterocycles. The Bertz CT molecular complexity index is 501. The van der Waals surface area contributed by atoms with E-state index in [0.29, 0.717) is 12.2 Å². The molecule has 3 N–H and O–H groups in total. The van der Waals surface area contributed by atoms with Gasteiger partial charge in [-0.2, -0.15) is 0 Å². The zero-order chi connectivity index (χ0) is 13.2. The van der Waals surface area contributed by atoms with E-state index < -0.39 is 10.0 Å². The molecule has 102 valence electrons. The van der Waals surface area contributed by atoms with Gasteiger partial charge in [-0.1, -0.05) is 19.8 Å². The van der Waals surface area contributed by atoms with Gasteiger partial charge in [0.1, 0.15) is 0 Å². The molecule has 1 aromatic heterocycles. The normalized spacial score (nSPS) is 19.2. The molecule has 0 aliphatic heterocycles. The highest BCUT2D eigenvalue weighted by atomic mass is 32.2. The van der Waals surface area contributed by atoms with Gasteiger partial charge in [-0.3, -0.25) is 0 Å². The van der Waals surface area contributed by atoms with Gasteiger partial charge in [0, 0.05) is 18.4 Å². The zero-order valence-electron chi connectivity index (χ0n) is 10.6. The third-order valence-corrected chi connectivity index (χ3v) is 5.08. The van der Waals surface area contributed by atoms with Crippen LogP contribution < -0.4 is 4.72 Å². The van der Waals surface area contributed by atoms with Gasteiger partial charge in [0.2, 0.25) is 10.0 Å². The summed E-state index contributed by atoms with van der Waals surface area (Å²) < 4.78 is 26.8. The van der Waals surface area contributed by atoms with Crippen LogP contribution in [0.1, 0.15) is 38.3 Å². The average molecular weight is 272 g/mol. The van der Waals surface area contributed by atoms with Crippen molar-refractivity contribution in [2.45, 2.75) is 44.1 Å². The molecule has 18 heavy (non-hydrogen) atoms. The van der Waals surface area contributed by atoms with Gasteiger partial charge in [0.25, 0.3) is 0 Å². The lowest BCUT2D eigenvalue weighted by atomic mass is 9.89. The van der Waals surface area contributed by atoms with Gasteiger partial charge in [0.05, 0.1) is 11.5 Å². The Hall–Kier alpha value is -0.850. The molecule has 0 bridgehead atoms. The van der Waals surface area contributed by atoms with Crippen molar-refractivity contribution >= 4 is 10.0 Å². The lowest BCUT2D eigenvalue weighted by Crippen LogP contribution is -2.33. The molecule has 0 amide bonds. The fourth-order valence-electron chi connectivity index (χ4n) is 2.42. The Morgan fingerprint density at radius 2 is 2.11 bits per heavy atom. The van der Waals surface area contributed by atoms with E-state index >= 15 is 0 Å². The number of aliphatic hydroxyl groups excluding tert-OH is 1. The highest BCUT2D eigenvalue weighted by molar-refractivity contribution is 7.89. The molecular formula is C12H20N2O3S. The summed E-state index contributed by atoms with van der Waals surface area (Å²) in [6.45, 7) is 2.42. The van der Waals surface area contributed by atoms with E-state index in [1.165, 1.54) is 25.1 Å². The lowest BCUT2D eigenvalue weighted by molar-refractivity contribution is 0.277. The number of sulfonamides is 1. The molecule has 5 nitrogen and oxygen atoms in total. The van der Waals surface area contributed by atoms with Crippen LogP contribution in [0.3, 0.4) is 0 Å². The molecule has 1 aromatic rings. The minimum absolute atomic E-state index is 0.0865. The maximum Gasteiger partial charge on any atom is 0.242 e. The quantitative estimate of drug-likeness (QED) is 0.757. The maximum atomic E-state index is 12.0. The third-order valence-electron chi connectivity index (χ3n) is 3.70. The predicted molar refractivity (Wildman–Crippen MR) is 68.5 cm³/mol. The number of aliphatic hydroxyl groups is 1.